The average molecular weight is 353 g/mol. The van der Waals surface area contributed by atoms with Crippen LogP contribution >= 0.6 is 0 Å². The second-order valence-electron chi connectivity index (χ2n) is 5.40. The molecule has 0 unspecified atom stereocenters. The first-order chi connectivity index (χ1) is 12.5. The molecule has 0 saturated heterocycles. The third-order valence-electron chi connectivity index (χ3n) is 3.95. The monoisotopic (exact) mass is 353 g/mol. The van der Waals surface area contributed by atoms with E-state index in [2.05, 4.69) is 4.98 Å². The van der Waals surface area contributed by atoms with Gasteiger partial charge in [0.1, 0.15) is 0 Å². The Labute approximate surface area is 153 Å². The minimum atomic E-state index is -0.943. The quantitative estimate of drug-likeness (QED) is 0.718. The number of fused-ring (bicyclic) bond motifs is 1. The molecule has 26 heavy (non-hydrogen) atoms. The molecule has 0 spiro atoms. The van der Waals surface area contributed by atoms with Crippen molar-refractivity contribution in [3.63, 3.8) is 0 Å². The zero-order chi connectivity index (χ0) is 19.3. The van der Waals surface area contributed by atoms with E-state index >= 15 is 0 Å². The Hall–Kier alpha value is -3.08. The van der Waals surface area contributed by atoms with Crippen LogP contribution in [0.3, 0.4) is 0 Å². The highest BCUT2D eigenvalue weighted by Crippen LogP contribution is 2.34. The second kappa shape index (κ2) is 8.34. The summed E-state index contributed by atoms with van der Waals surface area (Å²) in [5, 5.41) is 11.0. The van der Waals surface area contributed by atoms with E-state index in [1.54, 1.807) is 38.5 Å². The molecule has 0 aliphatic carbocycles. The van der Waals surface area contributed by atoms with Crippen LogP contribution in [0, 0.1) is 6.92 Å². The lowest BCUT2D eigenvalue weighted by Gasteiger charge is -2.12. The van der Waals surface area contributed by atoms with Gasteiger partial charge in [0.25, 0.3) is 0 Å². The number of carbonyl (C=O) groups is 1. The number of pyridine rings is 1. The van der Waals surface area contributed by atoms with Crippen LogP contribution in [0.5, 0.6) is 11.5 Å². The zero-order valence-electron chi connectivity index (χ0n) is 15.7. The summed E-state index contributed by atoms with van der Waals surface area (Å²) in [6.07, 6.45) is 0. The van der Waals surface area contributed by atoms with Crippen molar-refractivity contribution in [2.24, 2.45) is 0 Å². The Morgan fingerprint density at radius 3 is 2.08 bits per heavy atom. The van der Waals surface area contributed by atoms with Gasteiger partial charge >= 0.3 is 5.97 Å². The maximum Gasteiger partial charge on any atom is 0.335 e. The number of aromatic nitrogens is 1. The van der Waals surface area contributed by atoms with Gasteiger partial charge in [-0.25, -0.2) is 4.79 Å². The molecule has 0 amide bonds. The van der Waals surface area contributed by atoms with Gasteiger partial charge in [-0.15, -0.1) is 0 Å². The van der Waals surface area contributed by atoms with Crippen LogP contribution < -0.4 is 9.47 Å². The molecule has 0 atom stereocenters. The maximum atomic E-state index is 11.0. The molecule has 2 aromatic carbocycles. The SMILES string of the molecule is CC.COc1cc2cc(-c3ccc(C(=O)O)cc3)nc(C)c2cc1OC. The zero-order valence-corrected chi connectivity index (χ0v) is 15.7. The summed E-state index contributed by atoms with van der Waals surface area (Å²) >= 11 is 0. The molecular weight excluding hydrogens is 330 g/mol. The molecule has 0 bridgehead atoms. The molecule has 0 fully saturated rings. The normalized spacial score (nSPS) is 10.0. The van der Waals surface area contributed by atoms with E-state index in [1.807, 2.05) is 39.0 Å². The maximum absolute atomic E-state index is 11.0. The van der Waals surface area contributed by atoms with Crippen molar-refractivity contribution in [3.05, 3.63) is 53.7 Å². The van der Waals surface area contributed by atoms with Crippen molar-refractivity contribution in [2.75, 3.05) is 14.2 Å². The first-order valence-electron chi connectivity index (χ1n) is 8.40. The van der Waals surface area contributed by atoms with E-state index in [9.17, 15) is 4.79 Å². The van der Waals surface area contributed by atoms with E-state index in [4.69, 9.17) is 14.6 Å². The number of hydrogen-bond donors (Lipinski definition) is 1. The number of benzene rings is 2. The number of carboxylic acid groups (broad SMARTS) is 1. The van der Waals surface area contributed by atoms with Gasteiger partial charge in [-0.05, 0) is 42.6 Å². The molecular formula is C21H23NO4. The van der Waals surface area contributed by atoms with Crippen LogP contribution in [-0.2, 0) is 0 Å². The minimum absolute atomic E-state index is 0.252. The smallest absolute Gasteiger partial charge is 0.335 e. The van der Waals surface area contributed by atoms with Gasteiger partial charge in [0.05, 0.1) is 25.5 Å². The third kappa shape index (κ3) is 3.77. The molecule has 0 radical (unpaired) electrons. The summed E-state index contributed by atoms with van der Waals surface area (Å²) in [5.41, 5.74) is 2.76. The molecule has 1 heterocycles. The van der Waals surface area contributed by atoms with Crippen molar-refractivity contribution in [2.45, 2.75) is 20.8 Å². The summed E-state index contributed by atoms with van der Waals surface area (Å²) < 4.78 is 10.7. The Morgan fingerprint density at radius 1 is 0.962 bits per heavy atom. The van der Waals surface area contributed by atoms with Gasteiger partial charge in [0.2, 0.25) is 0 Å². The molecule has 136 valence electrons. The highest BCUT2D eigenvalue weighted by molar-refractivity contribution is 5.91. The van der Waals surface area contributed by atoms with Crippen molar-refractivity contribution in [1.82, 2.24) is 4.98 Å². The molecule has 3 rings (SSSR count). The fourth-order valence-electron chi connectivity index (χ4n) is 2.68. The lowest BCUT2D eigenvalue weighted by molar-refractivity contribution is 0.0697. The largest absolute Gasteiger partial charge is 0.493 e. The standard InChI is InChI=1S/C19H17NO4.C2H6/c1-11-15-10-18(24-3)17(23-2)9-14(15)8-16(20-11)12-4-6-13(7-5-12)19(21)22;1-2/h4-10H,1-3H3,(H,21,22);1-2H3. The highest BCUT2D eigenvalue weighted by Gasteiger charge is 2.11. The lowest BCUT2D eigenvalue weighted by Crippen LogP contribution is -1.96. The van der Waals surface area contributed by atoms with Crippen molar-refractivity contribution < 1.29 is 19.4 Å². The van der Waals surface area contributed by atoms with Crippen LogP contribution in [0.15, 0.2) is 42.5 Å². The molecule has 1 aromatic heterocycles. The van der Waals surface area contributed by atoms with Gasteiger partial charge in [-0.1, -0.05) is 26.0 Å². The summed E-state index contributed by atoms with van der Waals surface area (Å²) in [6.45, 7) is 5.93. The van der Waals surface area contributed by atoms with Gasteiger partial charge in [-0.2, -0.15) is 0 Å². The predicted octanol–water partition coefficient (Wildman–Crippen LogP) is 4.95. The van der Waals surface area contributed by atoms with Crippen LogP contribution in [0.2, 0.25) is 0 Å². The number of ether oxygens (including phenoxy) is 2. The van der Waals surface area contributed by atoms with Gasteiger partial charge in [0.15, 0.2) is 11.5 Å². The van der Waals surface area contributed by atoms with E-state index in [0.717, 1.165) is 27.7 Å². The molecule has 0 aliphatic rings. The third-order valence-corrected chi connectivity index (χ3v) is 3.95. The number of carboxylic acids is 1. The Kier molecular flexibility index (Phi) is 6.17. The highest BCUT2D eigenvalue weighted by atomic mass is 16.5. The lowest BCUT2D eigenvalue weighted by atomic mass is 10.0. The van der Waals surface area contributed by atoms with Gasteiger partial charge < -0.3 is 14.6 Å². The fourth-order valence-corrected chi connectivity index (χ4v) is 2.68. The number of hydrogen-bond acceptors (Lipinski definition) is 4. The topological polar surface area (TPSA) is 68.7 Å². The van der Waals surface area contributed by atoms with Crippen molar-refractivity contribution >= 4 is 16.7 Å². The van der Waals surface area contributed by atoms with E-state index in [0.29, 0.717) is 11.5 Å². The van der Waals surface area contributed by atoms with Crippen LogP contribution in [-0.4, -0.2) is 30.3 Å². The number of aromatic carboxylic acids is 1. The first kappa shape index (κ1) is 19.2. The molecule has 5 heteroatoms. The van der Waals surface area contributed by atoms with Gasteiger partial charge in [-0.3, -0.25) is 4.98 Å². The minimum Gasteiger partial charge on any atom is -0.493 e. The summed E-state index contributed by atoms with van der Waals surface area (Å²) in [5.74, 6) is 0.372. The molecule has 0 saturated carbocycles. The molecule has 5 nitrogen and oxygen atoms in total. The summed E-state index contributed by atoms with van der Waals surface area (Å²) in [6, 6.07) is 12.5. The van der Waals surface area contributed by atoms with Crippen LogP contribution in [0.25, 0.3) is 22.0 Å². The van der Waals surface area contributed by atoms with Crippen LogP contribution in [0.1, 0.15) is 29.9 Å². The molecule has 0 aliphatic heterocycles. The van der Waals surface area contributed by atoms with Crippen LogP contribution in [0.4, 0.5) is 0 Å². The molecule has 1 N–H and O–H groups in total. The second-order valence-corrected chi connectivity index (χ2v) is 5.40. The van der Waals surface area contributed by atoms with E-state index in [-0.39, 0.29) is 5.56 Å². The van der Waals surface area contributed by atoms with Crippen molar-refractivity contribution in [3.8, 4) is 22.8 Å². The number of rotatable bonds is 4. The summed E-state index contributed by atoms with van der Waals surface area (Å²) in [4.78, 5) is 15.6. The van der Waals surface area contributed by atoms with E-state index in [1.165, 1.54) is 0 Å². The number of aryl methyl sites for hydroxylation is 1. The average Bonchev–Trinajstić information content (AvgIpc) is 2.68. The van der Waals surface area contributed by atoms with Gasteiger partial charge in [0, 0.05) is 16.6 Å². The number of methoxy groups -OCH3 is 2. The Bertz CT molecular complexity index is 917. The fraction of sp³-hybridized carbons (Fsp3) is 0.238. The summed E-state index contributed by atoms with van der Waals surface area (Å²) in [7, 11) is 3.20. The Morgan fingerprint density at radius 2 is 1.54 bits per heavy atom. The first-order valence-corrected chi connectivity index (χ1v) is 8.40. The predicted molar refractivity (Wildman–Crippen MR) is 103 cm³/mol. The Balaban J connectivity index is 0.00000117. The van der Waals surface area contributed by atoms with Crippen molar-refractivity contribution in [1.29, 1.82) is 0 Å². The number of nitrogens with zero attached hydrogens (tertiary/aromatic N) is 1. The van der Waals surface area contributed by atoms with E-state index < -0.39 is 5.97 Å². The molecule has 3 aromatic rings.